The lowest BCUT2D eigenvalue weighted by atomic mass is 10.2. The Kier molecular flexibility index (Phi) is 7.75. The van der Waals surface area contributed by atoms with Gasteiger partial charge < -0.3 is 15.4 Å². The van der Waals surface area contributed by atoms with Gasteiger partial charge in [-0.25, -0.2) is 9.78 Å². The van der Waals surface area contributed by atoms with Gasteiger partial charge in [0.2, 0.25) is 0 Å². The number of benzene rings is 1. The Labute approximate surface area is 158 Å². The Morgan fingerprint density at radius 3 is 2.64 bits per heavy atom. The number of hydrogen-bond acceptors (Lipinski definition) is 5. The zero-order chi connectivity index (χ0) is 18.1. The van der Waals surface area contributed by atoms with E-state index in [-0.39, 0.29) is 5.91 Å². The molecule has 0 atom stereocenters. The Balaban J connectivity index is 1.93. The van der Waals surface area contributed by atoms with Gasteiger partial charge in [0, 0.05) is 28.7 Å². The minimum atomic E-state index is -0.492. The topological polar surface area (TPSA) is 80.3 Å². The molecule has 0 aliphatic carbocycles. The van der Waals surface area contributed by atoms with Gasteiger partial charge in [-0.3, -0.25) is 4.79 Å². The molecule has 0 aliphatic heterocycles. The third kappa shape index (κ3) is 6.39. The highest BCUT2D eigenvalue weighted by molar-refractivity contribution is 9.10. The lowest BCUT2D eigenvalue weighted by Gasteiger charge is -2.10. The molecule has 132 valence electrons. The number of ether oxygens (including phenoxy) is 1. The van der Waals surface area contributed by atoms with Crippen molar-refractivity contribution in [2.24, 2.45) is 0 Å². The van der Waals surface area contributed by atoms with E-state index in [0.29, 0.717) is 25.3 Å². The van der Waals surface area contributed by atoms with Crippen molar-refractivity contribution in [2.75, 3.05) is 19.7 Å². The number of amides is 2. The maximum absolute atomic E-state index is 12.4. The highest BCUT2D eigenvalue weighted by Crippen LogP contribution is 2.29. The first-order valence-electron chi connectivity index (χ1n) is 7.67. The average Bonchev–Trinajstić information content (AvgIpc) is 2.61. The van der Waals surface area contributed by atoms with Gasteiger partial charge in [0.25, 0.3) is 5.91 Å². The molecule has 2 aromatic rings. The Morgan fingerprint density at radius 2 is 1.92 bits per heavy atom. The standard InChI is InChI=1S/C17H18BrN3O3S/c1-2-24-17(23)20-10-9-19-16(22)13-5-3-4-6-14(13)25-15-8-7-12(18)11-21-15/h3-8,11H,2,9-10H2,1H3,(H,19,22)(H,20,23). The van der Waals surface area contributed by atoms with Crippen LogP contribution in [-0.2, 0) is 4.74 Å². The molecule has 2 N–H and O–H groups in total. The second-order valence-corrected chi connectivity index (χ2v) is 6.79. The lowest BCUT2D eigenvalue weighted by Crippen LogP contribution is -2.35. The molecule has 0 saturated heterocycles. The number of alkyl carbamates (subject to hydrolysis) is 1. The molecule has 25 heavy (non-hydrogen) atoms. The number of hydrogen-bond donors (Lipinski definition) is 2. The van der Waals surface area contributed by atoms with Gasteiger partial charge in [0.15, 0.2) is 0 Å². The fraction of sp³-hybridized carbons (Fsp3) is 0.235. The van der Waals surface area contributed by atoms with Gasteiger partial charge in [-0.15, -0.1) is 0 Å². The summed E-state index contributed by atoms with van der Waals surface area (Å²) in [6.45, 7) is 2.66. The van der Waals surface area contributed by atoms with E-state index in [1.807, 2.05) is 30.3 Å². The molecule has 1 aromatic heterocycles. The lowest BCUT2D eigenvalue weighted by molar-refractivity contribution is 0.0949. The van der Waals surface area contributed by atoms with Crippen LogP contribution in [0.5, 0.6) is 0 Å². The number of pyridine rings is 1. The molecule has 2 amide bonds. The number of rotatable bonds is 7. The van der Waals surface area contributed by atoms with E-state index in [0.717, 1.165) is 14.4 Å². The molecule has 1 heterocycles. The number of halogens is 1. The fourth-order valence-corrected chi connectivity index (χ4v) is 3.02. The molecular weight excluding hydrogens is 406 g/mol. The van der Waals surface area contributed by atoms with Crippen LogP contribution in [0.1, 0.15) is 17.3 Å². The molecule has 0 bridgehead atoms. The molecule has 0 aliphatic rings. The summed E-state index contributed by atoms with van der Waals surface area (Å²) in [7, 11) is 0. The average molecular weight is 424 g/mol. The van der Waals surface area contributed by atoms with Gasteiger partial charge in [0.05, 0.1) is 12.2 Å². The zero-order valence-corrected chi connectivity index (χ0v) is 16.0. The molecule has 0 saturated carbocycles. The summed E-state index contributed by atoms with van der Waals surface area (Å²) in [5.41, 5.74) is 0.563. The van der Waals surface area contributed by atoms with E-state index in [4.69, 9.17) is 4.74 Å². The van der Waals surface area contributed by atoms with Crippen molar-refractivity contribution in [1.82, 2.24) is 15.6 Å². The van der Waals surface area contributed by atoms with Crippen molar-refractivity contribution in [3.8, 4) is 0 Å². The summed E-state index contributed by atoms with van der Waals surface area (Å²) < 4.78 is 5.65. The van der Waals surface area contributed by atoms with Crippen LogP contribution in [0.15, 0.2) is 57.0 Å². The normalized spacial score (nSPS) is 10.2. The Hall–Kier alpha value is -2.06. The molecule has 8 heteroatoms. The van der Waals surface area contributed by atoms with Gasteiger partial charge in [-0.1, -0.05) is 23.9 Å². The summed E-state index contributed by atoms with van der Waals surface area (Å²) >= 11 is 4.77. The van der Waals surface area contributed by atoms with Crippen molar-refractivity contribution >= 4 is 39.7 Å². The van der Waals surface area contributed by atoms with E-state index in [1.165, 1.54) is 11.8 Å². The van der Waals surface area contributed by atoms with Gasteiger partial charge in [-0.05, 0) is 47.1 Å². The first kappa shape index (κ1) is 19.3. The second-order valence-electron chi connectivity index (χ2n) is 4.82. The number of carbonyl (C=O) groups is 2. The van der Waals surface area contributed by atoms with Crippen LogP contribution in [0.4, 0.5) is 4.79 Å². The SMILES string of the molecule is CCOC(=O)NCCNC(=O)c1ccccc1Sc1ccc(Br)cn1. The van der Waals surface area contributed by atoms with E-state index in [2.05, 4.69) is 31.5 Å². The monoisotopic (exact) mass is 423 g/mol. The molecule has 1 aromatic carbocycles. The van der Waals surface area contributed by atoms with Crippen molar-refractivity contribution < 1.29 is 14.3 Å². The van der Waals surface area contributed by atoms with Crippen LogP contribution in [0.3, 0.4) is 0 Å². The Morgan fingerprint density at radius 1 is 1.16 bits per heavy atom. The molecule has 6 nitrogen and oxygen atoms in total. The summed E-state index contributed by atoms with van der Waals surface area (Å²) in [4.78, 5) is 28.7. The number of nitrogens with zero attached hydrogens (tertiary/aromatic N) is 1. The predicted molar refractivity (Wildman–Crippen MR) is 99.9 cm³/mol. The smallest absolute Gasteiger partial charge is 0.407 e. The van der Waals surface area contributed by atoms with E-state index in [9.17, 15) is 9.59 Å². The minimum Gasteiger partial charge on any atom is -0.450 e. The highest BCUT2D eigenvalue weighted by atomic mass is 79.9. The maximum atomic E-state index is 12.4. The maximum Gasteiger partial charge on any atom is 0.407 e. The highest BCUT2D eigenvalue weighted by Gasteiger charge is 2.12. The zero-order valence-electron chi connectivity index (χ0n) is 13.6. The summed E-state index contributed by atoms with van der Waals surface area (Å²) in [5, 5.41) is 6.13. The van der Waals surface area contributed by atoms with Gasteiger partial charge in [-0.2, -0.15) is 0 Å². The fourth-order valence-electron chi connectivity index (χ4n) is 1.90. The van der Waals surface area contributed by atoms with Crippen LogP contribution >= 0.6 is 27.7 Å². The first-order valence-corrected chi connectivity index (χ1v) is 9.28. The van der Waals surface area contributed by atoms with E-state index >= 15 is 0 Å². The molecule has 0 spiro atoms. The van der Waals surface area contributed by atoms with Crippen molar-refractivity contribution in [3.63, 3.8) is 0 Å². The van der Waals surface area contributed by atoms with Gasteiger partial charge >= 0.3 is 6.09 Å². The van der Waals surface area contributed by atoms with E-state index in [1.54, 1.807) is 19.2 Å². The second kappa shape index (κ2) is 10.0. The summed E-state index contributed by atoms with van der Waals surface area (Å²) in [6, 6.07) is 11.1. The molecule has 0 fully saturated rings. The molecule has 2 rings (SSSR count). The van der Waals surface area contributed by atoms with Crippen LogP contribution < -0.4 is 10.6 Å². The largest absolute Gasteiger partial charge is 0.450 e. The van der Waals surface area contributed by atoms with Gasteiger partial charge in [0.1, 0.15) is 5.03 Å². The predicted octanol–water partition coefficient (Wildman–Crippen LogP) is 3.47. The first-order chi connectivity index (χ1) is 12.1. The van der Waals surface area contributed by atoms with E-state index < -0.39 is 6.09 Å². The third-order valence-electron chi connectivity index (χ3n) is 3.00. The molecule has 0 unspecified atom stereocenters. The van der Waals surface area contributed by atoms with Crippen LogP contribution in [0.25, 0.3) is 0 Å². The van der Waals surface area contributed by atoms with Crippen LogP contribution in [0.2, 0.25) is 0 Å². The van der Waals surface area contributed by atoms with Crippen LogP contribution in [0, 0.1) is 0 Å². The summed E-state index contributed by atoms with van der Waals surface area (Å²) in [6.07, 6.45) is 1.22. The molecule has 0 radical (unpaired) electrons. The van der Waals surface area contributed by atoms with Crippen molar-refractivity contribution in [2.45, 2.75) is 16.8 Å². The number of carbonyl (C=O) groups excluding carboxylic acids is 2. The summed E-state index contributed by atoms with van der Waals surface area (Å²) in [5.74, 6) is -0.203. The Bertz CT molecular complexity index is 725. The van der Waals surface area contributed by atoms with Crippen molar-refractivity contribution in [1.29, 1.82) is 0 Å². The quantitative estimate of drug-likeness (QED) is 0.666. The molecular formula is C17H18BrN3O3S. The van der Waals surface area contributed by atoms with Crippen molar-refractivity contribution in [3.05, 3.63) is 52.6 Å². The minimum absolute atomic E-state index is 0.203. The third-order valence-corrected chi connectivity index (χ3v) is 4.50. The number of nitrogens with one attached hydrogen (secondary N) is 2. The van der Waals surface area contributed by atoms with Crippen LogP contribution in [-0.4, -0.2) is 36.7 Å². The number of aromatic nitrogens is 1.